The van der Waals surface area contributed by atoms with Gasteiger partial charge in [-0.05, 0) is 23.6 Å². The highest BCUT2D eigenvalue weighted by molar-refractivity contribution is 7.89. The van der Waals surface area contributed by atoms with Crippen LogP contribution in [0.4, 0.5) is 0 Å². The summed E-state index contributed by atoms with van der Waals surface area (Å²) in [6.07, 6.45) is -0.352. The van der Waals surface area contributed by atoms with Gasteiger partial charge in [0, 0.05) is 12.0 Å². The molecule has 0 amide bonds. The highest BCUT2D eigenvalue weighted by atomic mass is 32.2. The average Bonchev–Trinajstić information content (AvgIpc) is 2.45. The summed E-state index contributed by atoms with van der Waals surface area (Å²) in [4.78, 5) is 0.157. The number of nitrogens with one attached hydrogen (secondary N) is 1. The molecule has 0 heterocycles. The van der Waals surface area contributed by atoms with Gasteiger partial charge in [-0.1, -0.05) is 39.8 Å². The van der Waals surface area contributed by atoms with Crippen molar-refractivity contribution in [2.75, 3.05) is 6.54 Å². The molecule has 0 spiro atoms. The number of sulfonamides is 1. The lowest BCUT2D eigenvalue weighted by Crippen LogP contribution is -2.43. The van der Waals surface area contributed by atoms with Crippen molar-refractivity contribution in [1.29, 1.82) is 5.26 Å². The molecule has 0 aliphatic carbocycles. The Kier molecular flexibility index (Phi) is 6.12. The van der Waals surface area contributed by atoms with Crippen LogP contribution in [0.3, 0.4) is 0 Å². The zero-order valence-corrected chi connectivity index (χ0v) is 14.3. The quantitative estimate of drug-likeness (QED) is 0.803. The molecule has 1 aromatic rings. The van der Waals surface area contributed by atoms with E-state index >= 15 is 0 Å². The van der Waals surface area contributed by atoms with Gasteiger partial charge >= 0.3 is 0 Å². The zero-order chi connectivity index (χ0) is 17.0. The monoisotopic (exact) mass is 324 g/mol. The number of hydrogen-bond acceptors (Lipinski definition) is 4. The molecule has 0 saturated carbocycles. The number of nitrogens with zero attached hydrogens (tertiary/aromatic N) is 1. The van der Waals surface area contributed by atoms with E-state index in [1.54, 1.807) is 12.1 Å². The Hall–Kier alpha value is -1.42. The first kappa shape index (κ1) is 18.6. The van der Waals surface area contributed by atoms with Gasteiger partial charge in [0.1, 0.15) is 0 Å². The maximum absolute atomic E-state index is 12.3. The van der Waals surface area contributed by atoms with E-state index in [4.69, 9.17) is 5.26 Å². The van der Waals surface area contributed by atoms with Crippen LogP contribution < -0.4 is 4.72 Å². The van der Waals surface area contributed by atoms with Crippen molar-refractivity contribution in [3.05, 3.63) is 29.8 Å². The van der Waals surface area contributed by atoms with Gasteiger partial charge in [-0.15, -0.1) is 0 Å². The van der Waals surface area contributed by atoms with Crippen LogP contribution in [0.25, 0.3) is 0 Å². The van der Waals surface area contributed by atoms with Gasteiger partial charge in [0.15, 0.2) is 0 Å². The third-order valence-electron chi connectivity index (χ3n) is 3.67. The first-order chi connectivity index (χ1) is 10.1. The Morgan fingerprint density at radius 2 is 1.82 bits per heavy atom. The third-order valence-corrected chi connectivity index (χ3v) is 5.08. The molecule has 0 bridgehead atoms. The van der Waals surface area contributed by atoms with Crippen molar-refractivity contribution in [1.82, 2.24) is 4.72 Å². The van der Waals surface area contributed by atoms with Crippen LogP contribution >= 0.6 is 0 Å². The largest absolute Gasteiger partial charge is 0.392 e. The molecule has 5 nitrogen and oxygen atoms in total. The van der Waals surface area contributed by atoms with Crippen LogP contribution in [-0.4, -0.2) is 26.2 Å². The summed E-state index contributed by atoms with van der Waals surface area (Å²) in [5, 5.41) is 18.8. The van der Waals surface area contributed by atoms with E-state index in [0.29, 0.717) is 0 Å². The van der Waals surface area contributed by atoms with Gasteiger partial charge in [0.05, 0.1) is 23.5 Å². The van der Waals surface area contributed by atoms with E-state index in [0.717, 1.165) is 5.56 Å². The lowest BCUT2D eigenvalue weighted by Gasteiger charge is -2.33. The van der Waals surface area contributed by atoms with Gasteiger partial charge in [0.25, 0.3) is 0 Å². The highest BCUT2D eigenvalue weighted by Gasteiger charge is 2.31. The minimum absolute atomic E-state index is 0.0461. The predicted molar refractivity (Wildman–Crippen MR) is 85.6 cm³/mol. The van der Waals surface area contributed by atoms with Crippen molar-refractivity contribution in [3.63, 3.8) is 0 Å². The van der Waals surface area contributed by atoms with E-state index in [2.05, 4.69) is 4.72 Å². The van der Waals surface area contributed by atoms with Gasteiger partial charge in [-0.2, -0.15) is 5.26 Å². The Labute approximate surface area is 133 Å². The summed E-state index contributed by atoms with van der Waals surface area (Å²) in [5.41, 5.74) is 0.208. The smallest absolute Gasteiger partial charge is 0.240 e. The maximum Gasteiger partial charge on any atom is 0.240 e. The molecular weight excluding hydrogens is 300 g/mol. The number of nitriles is 1. The second kappa shape index (κ2) is 7.23. The summed E-state index contributed by atoms with van der Waals surface area (Å²) >= 11 is 0. The van der Waals surface area contributed by atoms with Crippen molar-refractivity contribution >= 4 is 10.0 Å². The fourth-order valence-electron chi connectivity index (χ4n) is 2.25. The summed E-state index contributed by atoms with van der Waals surface area (Å²) in [6.45, 7) is 7.60. The van der Waals surface area contributed by atoms with Gasteiger partial charge in [-0.3, -0.25) is 0 Å². The minimum Gasteiger partial charge on any atom is -0.392 e. The molecule has 2 N–H and O–H groups in total. The van der Waals surface area contributed by atoms with Crippen LogP contribution in [0.5, 0.6) is 0 Å². The second-order valence-corrected chi connectivity index (χ2v) is 8.25. The van der Waals surface area contributed by atoms with Crippen LogP contribution in [-0.2, 0) is 16.4 Å². The summed E-state index contributed by atoms with van der Waals surface area (Å²) in [7, 11) is -3.63. The molecule has 0 radical (unpaired) electrons. The molecule has 122 valence electrons. The number of aliphatic hydroxyl groups is 1. The first-order valence-corrected chi connectivity index (χ1v) is 8.72. The SMILES string of the molecule is CC(C)C(O)C(C)(C)CNS(=O)(=O)c1ccc(CC#N)cc1. The molecule has 0 aromatic heterocycles. The molecule has 1 rings (SSSR count). The zero-order valence-electron chi connectivity index (χ0n) is 13.5. The first-order valence-electron chi connectivity index (χ1n) is 7.24. The average molecular weight is 324 g/mol. The lowest BCUT2D eigenvalue weighted by atomic mass is 9.81. The molecule has 0 saturated heterocycles. The number of benzene rings is 1. The Balaban J connectivity index is 2.82. The van der Waals surface area contributed by atoms with Gasteiger partial charge in [0.2, 0.25) is 10.0 Å². The Morgan fingerprint density at radius 3 is 2.27 bits per heavy atom. The van der Waals surface area contributed by atoms with E-state index in [9.17, 15) is 13.5 Å². The van der Waals surface area contributed by atoms with E-state index < -0.39 is 21.5 Å². The second-order valence-electron chi connectivity index (χ2n) is 6.48. The summed E-state index contributed by atoms with van der Waals surface area (Å²) < 4.78 is 27.1. The number of rotatable bonds is 7. The van der Waals surface area contributed by atoms with Crippen molar-refractivity contribution in [3.8, 4) is 6.07 Å². The lowest BCUT2D eigenvalue weighted by molar-refractivity contribution is 0.0166. The predicted octanol–water partition coefficient (Wildman–Crippen LogP) is 2.07. The third kappa shape index (κ3) is 4.80. The fourth-order valence-corrected chi connectivity index (χ4v) is 3.47. The molecule has 0 aliphatic heterocycles. The molecule has 0 aliphatic rings. The van der Waals surface area contributed by atoms with Gasteiger partial charge in [-0.25, -0.2) is 13.1 Å². The van der Waals surface area contributed by atoms with Crippen LogP contribution in [0.2, 0.25) is 0 Å². The van der Waals surface area contributed by atoms with Crippen molar-refractivity contribution in [2.45, 2.75) is 45.1 Å². The van der Waals surface area contributed by atoms with Crippen LogP contribution in [0, 0.1) is 22.7 Å². The Bertz CT molecular complexity index is 628. The van der Waals surface area contributed by atoms with Crippen molar-refractivity contribution in [2.24, 2.45) is 11.3 Å². The maximum atomic E-state index is 12.3. The minimum atomic E-state index is -3.63. The molecular formula is C16H24N2O3S. The Morgan fingerprint density at radius 1 is 1.27 bits per heavy atom. The standard InChI is InChI=1S/C16H24N2O3S/c1-12(2)15(19)16(3,4)11-18-22(20,21)14-7-5-13(6-8-14)9-10-17/h5-8,12,15,18-19H,9,11H2,1-4H3. The van der Waals surface area contributed by atoms with Crippen LogP contribution in [0.15, 0.2) is 29.2 Å². The number of aliphatic hydroxyl groups excluding tert-OH is 1. The van der Waals surface area contributed by atoms with E-state index in [1.807, 2.05) is 33.8 Å². The van der Waals surface area contributed by atoms with Crippen LogP contribution in [0.1, 0.15) is 33.3 Å². The molecule has 1 atom stereocenters. The van der Waals surface area contributed by atoms with E-state index in [1.165, 1.54) is 12.1 Å². The normalized spacial score (nSPS) is 13.9. The fraction of sp³-hybridized carbons (Fsp3) is 0.562. The number of hydrogen-bond donors (Lipinski definition) is 2. The molecule has 1 aromatic carbocycles. The molecule has 6 heteroatoms. The summed E-state index contributed by atoms with van der Waals surface area (Å²) in [6, 6.07) is 8.25. The molecule has 1 unspecified atom stereocenters. The summed E-state index contributed by atoms with van der Waals surface area (Å²) in [5.74, 6) is 0.0461. The molecule has 0 fully saturated rings. The van der Waals surface area contributed by atoms with Gasteiger partial charge < -0.3 is 5.11 Å². The van der Waals surface area contributed by atoms with E-state index in [-0.39, 0.29) is 23.8 Å². The van der Waals surface area contributed by atoms with Crippen molar-refractivity contribution < 1.29 is 13.5 Å². The topological polar surface area (TPSA) is 90.2 Å². The molecule has 22 heavy (non-hydrogen) atoms. The highest BCUT2D eigenvalue weighted by Crippen LogP contribution is 2.25.